The minimum absolute atomic E-state index is 0.0739. The van der Waals surface area contributed by atoms with Crippen LogP contribution in [0.15, 0.2) is 12.2 Å². The van der Waals surface area contributed by atoms with Crippen LogP contribution in [-0.2, 0) is 14.3 Å². The molecule has 0 heterocycles. The third-order valence-electron chi connectivity index (χ3n) is 12.1. The molecule has 0 fully saturated rings. The summed E-state index contributed by atoms with van der Waals surface area (Å²) in [5, 5.41) is 23.7. The fraction of sp³-hybridized carbons (Fsp3) is 0.923. The van der Waals surface area contributed by atoms with E-state index in [9.17, 15) is 19.8 Å². The Morgan fingerprint density at radius 1 is 0.483 bits per heavy atom. The van der Waals surface area contributed by atoms with Gasteiger partial charge in [-0.2, -0.15) is 0 Å². The van der Waals surface area contributed by atoms with E-state index < -0.39 is 18.2 Å². The van der Waals surface area contributed by atoms with Gasteiger partial charge in [0.15, 0.2) is 0 Å². The quantitative estimate of drug-likeness (QED) is 0.0323. The van der Waals surface area contributed by atoms with E-state index in [1.165, 1.54) is 180 Å². The van der Waals surface area contributed by atoms with Crippen LogP contribution in [0.1, 0.15) is 284 Å². The molecule has 0 aromatic rings. The number of allylic oxidation sites excluding steroid dienone is 2. The molecule has 1 amide bonds. The molecule has 0 bridgehead atoms. The number of hydrogen-bond acceptors (Lipinski definition) is 5. The maximum absolute atomic E-state index is 13.2. The summed E-state index contributed by atoms with van der Waals surface area (Å²) in [6.07, 6.45) is 51.2. The Balaban J connectivity index is 4.57. The first-order valence-corrected chi connectivity index (χ1v) is 25.9. The lowest BCUT2D eigenvalue weighted by molar-refractivity contribution is -0.151. The van der Waals surface area contributed by atoms with Crippen LogP contribution in [0.4, 0.5) is 0 Å². The predicted molar refractivity (Wildman–Crippen MR) is 250 cm³/mol. The van der Waals surface area contributed by atoms with Gasteiger partial charge < -0.3 is 20.3 Å². The number of aliphatic hydroxyl groups excluding tert-OH is 2. The van der Waals surface area contributed by atoms with E-state index in [2.05, 4.69) is 38.2 Å². The highest BCUT2D eigenvalue weighted by Gasteiger charge is 2.24. The van der Waals surface area contributed by atoms with Crippen LogP contribution >= 0.6 is 0 Å². The van der Waals surface area contributed by atoms with E-state index in [0.29, 0.717) is 19.3 Å². The topological polar surface area (TPSA) is 95.9 Å². The van der Waals surface area contributed by atoms with Crippen LogP contribution in [0.5, 0.6) is 0 Å². The first-order valence-electron chi connectivity index (χ1n) is 25.9. The Kier molecular flexibility index (Phi) is 45.5. The average Bonchev–Trinajstić information content (AvgIpc) is 3.22. The molecule has 0 spiro atoms. The molecular formula is C52H101NO5. The third-order valence-corrected chi connectivity index (χ3v) is 12.1. The van der Waals surface area contributed by atoms with E-state index in [-0.39, 0.29) is 24.9 Å². The highest BCUT2D eigenvalue weighted by Crippen LogP contribution is 2.18. The van der Waals surface area contributed by atoms with Gasteiger partial charge in [0.1, 0.15) is 6.10 Å². The molecule has 6 heteroatoms. The number of amides is 1. The Hall–Kier alpha value is -1.40. The number of unbranched alkanes of at least 4 members (excludes halogenated alkanes) is 33. The van der Waals surface area contributed by atoms with Gasteiger partial charge in [-0.25, -0.2) is 0 Å². The molecule has 3 N–H and O–H groups in total. The molecule has 0 aliphatic rings. The highest BCUT2D eigenvalue weighted by molar-refractivity contribution is 5.77. The van der Waals surface area contributed by atoms with Crippen molar-refractivity contribution in [1.82, 2.24) is 5.32 Å². The van der Waals surface area contributed by atoms with Crippen molar-refractivity contribution in [2.24, 2.45) is 0 Å². The summed E-state index contributed by atoms with van der Waals surface area (Å²) in [5.74, 6) is -0.472. The Morgan fingerprint density at radius 2 is 0.828 bits per heavy atom. The number of ether oxygens (including phenoxy) is 1. The molecule has 344 valence electrons. The van der Waals surface area contributed by atoms with Crippen molar-refractivity contribution in [2.45, 2.75) is 302 Å². The Bertz CT molecular complexity index is 878. The van der Waals surface area contributed by atoms with Crippen molar-refractivity contribution < 1.29 is 24.5 Å². The van der Waals surface area contributed by atoms with Gasteiger partial charge in [0, 0.05) is 6.42 Å². The SMILES string of the molecule is CCCCCCCCC/C=C/CCCCCC(CC(=O)NC(CO)C(O)CCCCCCCCCCCCCC)OC(=O)CCCCCCCCCCCCCCC. The predicted octanol–water partition coefficient (Wildman–Crippen LogP) is 15.3. The maximum Gasteiger partial charge on any atom is 0.306 e. The molecule has 0 rings (SSSR count). The number of esters is 1. The van der Waals surface area contributed by atoms with Crippen molar-refractivity contribution in [1.29, 1.82) is 0 Å². The summed E-state index contributed by atoms with van der Waals surface area (Å²) in [7, 11) is 0. The molecule has 6 nitrogen and oxygen atoms in total. The zero-order chi connectivity index (χ0) is 42.4. The number of carbonyl (C=O) groups is 2. The van der Waals surface area contributed by atoms with E-state index in [1.54, 1.807) is 0 Å². The first kappa shape index (κ1) is 56.6. The number of carbonyl (C=O) groups excluding carboxylic acids is 2. The van der Waals surface area contributed by atoms with Crippen LogP contribution in [0.25, 0.3) is 0 Å². The van der Waals surface area contributed by atoms with Crippen LogP contribution in [0, 0.1) is 0 Å². The van der Waals surface area contributed by atoms with Crippen molar-refractivity contribution in [2.75, 3.05) is 6.61 Å². The van der Waals surface area contributed by atoms with Gasteiger partial charge in [0.2, 0.25) is 5.91 Å². The fourth-order valence-corrected chi connectivity index (χ4v) is 8.13. The van der Waals surface area contributed by atoms with Crippen molar-refractivity contribution in [3.05, 3.63) is 12.2 Å². The molecule has 0 aromatic carbocycles. The summed E-state index contributed by atoms with van der Waals surface area (Å²) in [6, 6.07) is -0.699. The summed E-state index contributed by atoms with van der Waals surface area (Å²) >= 11 is 0. The fourth-order valence-electron chi connectivity index (χ4n) is 8.13. The van der Waals surface area contributed by atoms with Crippen LogP contribution < -0.4 is 5.32 Å². The minimum Gasteiger partial charge on any atom is -0.462 e. The molecule has 58 heavy (non-hydrogen) atoms. The highest BCUT2D eigenvalue weighted by atomic mass is 16.5. The Labute approximate surface area is 361 Å². The Morgan fingerprint density at radius 3 is 1.24 bits per heavy atom. The van der Waals surface area contributed by atoms with Gasteiger partial charge in [-0.3, -0.25) is 9.59 Å². The summed E-state index contributed by atoms with van der Waals surface area (Å²) < 4.78 is 5.93. The first-order chi connectivity index (χ1) is 28.5. The van der Waals surface area contributed by atoms with Gasteiger partial charge >= 0.3 is 5.97 Å². The lowest BCUT2D eigenvalue weighted by Gasteiger charge is -2.24. The van der Waals surface area contributed by atoms with E-state index in [4.69, 9.17) is 4.74 Å². The molecule has 3 atom stereocenters. The molecule has 0 aliphatic heterocycles. The maximum atomic E-state index is 13.2. The second-order valence-electron chi connectivity index (χ2n) is 17.9. The molecule has 0 saturated heterocycles. The van der Waals surface area contributed by atoms with Gasteiger partial charge in [-0.15, -0.1) is 0 Å². The largest absolute Gasteiger partial charge is 0.462 e. The van der Waals surface area contributed by atoms with E-state index >= 15 is 0 Å². The molecule has 0 saturated carbocycles. The molecule has 0 aliphatic carbocycles. The zero-order valence-electron chi connectivity index (χ0n) is 39.2. The van der Waals surface area contributed by atoms with Crippen molar-refractivity contribution >= 4 is 11.9 Å². The minimum atomic E-state index is -0.785. The number of aliphatic hydroxyl groups is 2. The van der Waals surface area contributed by atoms with Crippen molar-refractivity contribution in [3.63, 3.8) is 0 Å². The number of nitrogens with one attached hydrogen (secondary N) is 1. The lowest BCUT2D eigenvalue weighted by atomic mass is 10.0. The number of hydrogen-bond donors (Lipinski definition) is 3. The second-order valence-corrected chi connectivity index (χ2v) is 17.9. The van der Waals surface area contributed by atoms with E-state index in [0.717, 1.165) is 57.8 Å². The smallest absolute Gasteiger partial charge is 0.306 e. The van der Waals surface area contributed by atoms with Crippen LogP contribution in [0.2, 0.25) is 0 Å². The lowest BCUT2D eigenvalue weighted by Crippen LogP contribution is -2.46. The molecule has 0 radical (unpaired) electrons. The summed E-state index contributed by atoms with van der Waals surface area (Å²) in [4.78, 5) is 26.1. The van der Waals surface area contributed by atoms with Crippen molar-refractivity contribution in [3.8, 4) is 0 Å². The monoisotopic (exact) mass is 820 g/mol. The average molecular weight is 820 g/mol. The normalized spacial score (nSPS) is 13.3. The second kappa shape index (κ2) is 46.7. The molecule has 3 unspecified atom stereocenters. The molecular weight excluding hydrogens is 719 g/mol. The van der Waals surface area contributed by atoms with Gasteiger partial charge in [0.25, 0.3) is 0 Å². The molecule has 0 aromatic heterocycles. The van der Waals surface area contributed by atoms with Gasteiger partial charge in [-0.1, -0.05) is 232 Å². The number of rotatable bonds is 47. The van der Waals surface area contributed by atoms with E-state index in [1.807, 2.05) is 0 Å². The van der Waals surface area contributed by atoms with Gasteiger partial charge in [0.05, 0.1) is 25.2 Å². The summed E-state index contributed by atoms with van der Waals surface area (Å²) in [5.41, 5.74) is 0. The van der Waals surface area contributed by atoms with Crippen LogP contribution in [0.3, 0.4) is 0 Å². The van der Waals surface area contributed by atoms with Gasteiger partial charge in [-0.05, 0) is 51.4 Å². The zero-order valence-corrected chi connectivity index (χ0v) is 39.2. The van der Waals surface area contributed by atoms with Crippen LogP contribution in [-0.4, -0.2) is 46.9 Å². The standard InChI is InChI=1S/C52H101NO5/c1-4-7-10-13-16-19-22-25-27-28-31-34-37-40-43-48(58-52(57)45-42-39-36-33-30-26-23-20-17-14-11-8-5-2)46-51(56)53-49(47-54)50(55)44-41-38-35-32-29-24-21-18-15-12-9-6-3/h27-28,48-50,54-55H,4-26,29-47H2,1-3H3,(H,53,56)/b28-27+. The summed E-state index contributed by atoms with van der Waals surface area (Å²) in [6.45, 7) is 6.49. The third kappa shape index (κ3) is 41.3.